The monoisotopic (exact) mass is 354 g/mol. The number of hydrogen-bond donors (Lipinski definition) is 1. The van der Waals surface area contributed by atoms with E-state index in [2.05, 4.69) is 38.8 Å². The first-order valence-corrected chi connectivity index (χ1v) is 9.60. The summed E-state index contributed by atoms with van der Waals surface area (Å²) in [5, 5.41) is 10.5. The lowest BCUT2D eigenvalue weighted by Gasteiger charge is -2.36. The number of aromatic nitrogens is 2. The van der Waals surface area contributed by atoms with Crippen molar-refractivity contribution in [3.8, 4) is 0 Å². The van der Waals surface area contributed by atoms with E-state index in [0.29, 0.717) is 12.5 Å². The zero-order valence-corrected chi connectivity index (χ0v) is 15.3. The molecule has 2 fully saturated rings. The van der Waals surface area contributed by atoms with Crippen LogP contribution >= 0.6 is 0 Å². The molecule has 2 aliphatic heterocycles. The fourth-order valence-electron chi connectivity index (χ4n) is 4.36. The summed E-state index contributed by atoms with van der Waals surface area (Å²) >= 11 is 0. The Labute approximate surface area is 153 Å². The highest BCUT2D eigenvalue weighted by Gasteiger charge is 2.28. The van der Waals surface area contributed by atoms with Gasteiger partial charge in [0, 0.05) is 31.9 Å². The largest absolute Gasteiger partial charge is 0.481 e. The summed E-state index contributed by atoms with van der Waals surface area (Å²) in [6.07, 6.45) is 5.70. The Morgan fingerprint density at radius 1 is 1.12 bits per heavy atom. The number of carboxylic acid groups (broad SMARTS) is 1. The third kappa shape index (κ3) is 3.20. The summed E-state index contributed by atoms with van der Waals surface area (Å²) in [5.74, 6) is 0.530. The third-order valence-corrected chi connectivity index (χ3v) is 5.69. The fourth-order valence-corrected chi connectivity index (χ4v) is 4.36. The van der Waals surface area contributed by atoms with Crippen LogP contribution in [0.1, 0.15) is 32.6 Å². The zero-order chi connectivity index (χ0) is 18.1. The van der Waals surface area contributed by atoms with Crippen LogP contribution < -0.4 is 9.80 Å². The summed E-state index contributed by atoms with van der Waals surface area (Å²) < 4.78 is 0. The molecular formula is C20H26N4O2. The number of anilines is 2. The van der Waals surface area contributed by atoms with Crippen LogP contribution in [0.3, 0.4) is 0 Å². The predicted molar refractivity (Wildman–Crippen MR) is 103 cm³/mol. The number of nitrogens with zero attached hydrogens (tertiary/aromatic N) is 4. The van der Waals surface area contributed by atoms with Gasteiger partial charge in [-0.2, -0.15) is 0 Å². The molecule has 0 radical (unpaired) electrons. The number of fused-ring (bicyclic) bond motifs is 1. The third-order valence-electron chi connectivity index (χ3n) is 5.69. The minimum atomic E-state index is -0.710. The van der Waals surface area contributed by atoms with Crippen LogP contribution in [0.5, 0.6) is 0 Å². The first-order valence-electron chi connectivity index (χ1n) is 9.60. The molecule has 2 unspecified atom stereocenters. The van der Waals surface area contributed by atoms with E-state index < -0.39 is 5.97 Å². The van der Waals surface area contributed by atoms with Gasteiger partial charge in [0.1, 0.15) is 12.1 Å². The molecule has 138 valence electrons. The second kappa shape index (κ2) is 7.09. The molecule has 1 aromatic heterocycles. The van der Waals surface area contributed by atoms with Crippen LogP contribution in [0, 0.1) is 11.8 Å². The highest BCUT2D eigenvalue weighted by atomic mass is 16.4. The van der Waals surface area contributed by atoms with Crippen LogP contribution in [0.2, 0.25) is 0 Å². The van der Waals surface area contributed by atoms with Gasteiger partial charge in [0.05, 0.1) is 16.8 Å². The molecule has 0 amide bonds. The van der Waals surface area contributed by atoms with Gasteiger partial charge in [-0.25, -0.2) is 9.97 Å². The van der Waals surface area contributed by atoms with Crippen molar-refractivity contribution < 1.29 is 9.90 Å². The lowest BCUT2D eigenvalue weighted by molar-refractivity contribution is -0.141. The van der Waals surface area contributed by atoms with Gasteiger partial charge in [0.25, 0.3) is 0 Å². The van der Waals surface area contributed by atoms with Crippen molar-refractivity contribution in [1.82, 2.24) is 9.97 Å². The van der Waals surface area contributed by atoms with E-state index in [0.717, 1.165) is 49.2 Å². The van der Waals surface area contributed by atoms with Crippen molar-refractivity contribution in [3.63, 3.8) is 0 Å². The Kier molecular flexibility index (Phi) is 4.66. The smallest absolute Gasteiger partial charge is 0.308 e. The van der Waals surface area contributed by atoms with Crippen LogP contribution in [0.4, 0.5) is 11.5 Å². The minimum Gasteiger partial charge on any atom is -0.481 e. The second-order valence-electron chi connectivity index (χ2n) is 7.69. The molecule has 4 rings (SSSR count). The summed E-state index contributed by atoms with van der Waals surface area (Å²) in [6.45, 7) is 5.77. The fraction of sp³-hybridized carbons (Fsp3) is 0.550. The molecule has 2 aliphatic rings. The highest BCUT2D eigenvalue weighted by Crippen LogP contribution is 2.36. The van der Waals surface area contributed by atoms with Gasteiger partial charge >= 0.3 is 5.97 Å². The van der Waals surface area contributed by atoms with Crippen LogP contribution in [-0.2, 0) is 4.79 Å². The number of carbonyl (C=O) groups is 1. The normalized spacial score (nSPS) is 24.0. The number of benzene rings is 1. The molecule has 26 heavy (non-hydrogen) atoms. The van der Waals surface area contributed by atoms with Crippen LogP contribution in [0.25, 0.3) is 10.9 Å². The highest BCUT2D eigenvalue weighted by molar-refractivity contribution is 6.00. The average Bonchev–Trinajstić information content (AvgIpc) is 2.67. The van der Waals surface area contributed by atoms with Gasteiger partial charge < -0.3 is 14.9 Å². The van der Waals surface area contributed by atoms with E-state index in [9.17, 15) is 9.90 Å². The Bertz CT molecular complexity index is 804. The molecule has 0 spiro atoms. The van der Waals surface area contributed by atoms with E-state index in [4.69, 9.17) is 0 Å². The molecule has 0 saturated carbocycles. The molecule has 2 aromatic rings. The number of piperidine rings is 2. The lowest BCUT2D eigenvalue weighted by atomic mass is 9.97. The number of hydrogen-bond acceptors (Lipinski definition) is 5. The van der Waals surface area contributed by atoms with Crippen molar-refractivity contribution in [1.29, 1.82) is 0 Å². The summed E-state index contributed by atoms with van der Waals surface area (Å²) in [5.41, 5.74) is 2.12. The van der Waals surface area contributed by atoms with E-state index >= 15 is 0 Å². The molecular weight excluding hydrogens is 328 g/mol. The van der Waals surface area contributed by atoms with Crippen molar-refractivity contribution in [2.45, 2.75) is 32.6 Å². The first-order chi connectivity index (χ1) is 12.6. The lowest BCUT2D eigenvalue weighted by Crippen LogP contribution is -2.39. The van der Waals surface area contributed by atoms with Crippen molar-refractivity contribution in [2.75, 3.05) is 36.0 Å². The summed E-state index contributed by atoms with van der Waals surface area (Å²) in [4.78, 5) is 25.1. The zero-order valence-electron chi connectivity index (χ0n) is 15.3. The Balaban J connectivity index is 1.76. The first kappa shape index (κ1) is 17.1. The average molecular weight is 354 g/mol. The molecule has 0 bridgehead atoms. The molecule has 1 N–H and O–H groups in total. The van der Waals surface area contributed by atoms with E-state index in [1.54, 1.807) is 6.33 Å². The summed E-state index contributed by atoms with van der Waals surface area (Å²) in [6, 6.07) is 6.24. The maximum absolute atomic E-state index is 11.5. The van der Waals surface area contributed by atoms with Gasteiger partial charge in [0.2, 0.25) is 0 Å². The molecule has 2 saturated heterocycles. The SMILES string of the molecule is CC1CCCN(c2cccc3ncnc(N4CCCC(C(=O)O)C4)c23)C1. The van der Waals surface area contributed by atoms with E-state index in [-0.39, 0.29) is 5.92 Å². The predicted octanol–water partition coefficient (Wildman–Crippen LogP) is 3.17. The van der Waals surface area contributed by atoms with Crippen molar-refractivity contribution in [3.05, 3.63) is 24.5 Å². The standard InChI is InChI=1S/C20H26N4O2/c1-14-5-3-9-23(11-14)17-8-2-7-16-18(17)19(22-13-21-16)24-10-4-6-15(12-24)20(25)26/h2,7-8,13-15H,3-6,9-12H2,1H3,(H,25,26). The quantitative estimate of drug-likeness (QED) is 0.913. The Morgan fingerprint density at radius 2 is 1.92 bits per heavy atom. The molecule has 0 aliphatic carbocycles. The maximum Gasteiger partial charge on any atom is 0.308 e. The van der Waals surface area contributed by atoms with E-state index in [1.807, 2.05) is 6.07 Å². The Hall–Kier alpha value is -2.37. The van der Waals surface area contributed by atoms with Crippen LogP contribution in [0.15, 0.2) is 24.5 Å². The van der Waals surface area contributed by atoms with E-state index in [1.165, 1.54) is 18.5 Å². The maximum atomic E-state index is 11.5. The number of carboxylic acids is 1. The molecule has 2 atom stereocenters. The molecule has 1 aromatic carbocycles. The van der Waals surface area contributed by atoms with Gasteiger partial charge in [-0.3, -0.25) is 4.79 Å². The summed E-state index contributed by atoms with van der Waals surface area (Å²) in [7, 11) is 0. The van der Waals surface area contributed by atoms with Crippen molar-refractivity contribution >= 4 is 28.4 Å². The molecule has 3 heterocycles. The van der Waals surface area contributed by atoms with Crippen molar-refractivity contribution in [2.24, 2.45) is 11.8 Å². The van der Waals surface area contributed by atoms with Gasteiger partial charge in [0.15, 0.2) is 0 Å². The van der Waals surface area contributed by atoms with Crippen LogP contribution in [-0.4, -0.2) is 47.2 Å². The minimum absolute atomic E-state index is 0.323. The second-order valence-corrected chi connectivity index (χ2v) is 7.69. The molecule has 6 nitrogen and oxygen atoms in total. The number of rotatable bonds is 3. The van der Waals surface area contributed by atoms with Gasteiger partial charge in [-0.1, -0.05) is 13.0 Å². The number of aliphatic carboxylic acids is 1. The Morgan fingerprint density at radius 3 is 2.73 bits per heavy atom. The topological polar surface area (TPSA) is 69.6 Å². The molecule has 6 heteroatoms. The van der Waals surface area contributed by atoms with Gasteiger partial charge in [-0.05, 0) is 43.7 Å². The van der Waals surface area contributed by atoms with Gasteiger partial charge in [-0.15, -0.1) is 0 Å².